The molecule has 3 nitrogen and oxygen atoms in total. The minimum atomic E-state index is -0.102. The second kappa shape index (κ2) is 7.24. The van der Waals surface area contributed by atoms with Crippen LogP contribution in [0.2, 0.25) is 0 Å². The Morgan fingerprint density at radius 1 is 1.10 bits per heavy atom. The molecule has 0 unspecified atom stereocenters. The highest BCUT2D eigenvalue weighted by atomic mass is 124. The maximum Gasteiger partial charge on any atom is 0.151 e. The van der Waals surface area contributed by atoms with Crippen LogP contribution in [0.3, 0.4) is 0 Å². The van der Waals surface area contributed by atoms with Gasteiger partial charge in [0.05, 0.1) is 10.2 Å². The van der Waals surface area contributed by atoms with Gasteiger partial charge in [-0.3, -0.25) is 0 Å². The molecule has 1 aliphatic heterocycles. The van der Waals surface area contributed by atoms with Crippen molar-refractivity contribution in [3.63, 3.8) is 0 Å². The third-order valence-corrected chi connectivity index (χ3v) is 4.40. The van der Waals surface area contributed by atoms with E-state index < -0.39 is 0 Å². The summed E-state index contributed by atoms with van der Waals surface area (Å²) in [6.07, 6.45) is -0.0768. The monoisotopic (exact) mass is 392 g/mol. The number of hydrogen-bond donors (Lipinski definition) is 1. The van der Waals surface area contributed by atoms with Gasteiger partial charge in [0, 0.05) is 13.1 Å². The van der Waals surface area contributed by atoms with Crippen molar-refractivity contribution >= 4 is 22.6 Å². The Balaban J connectivity index is 1.87. The van der Waals surface area contributed by atoms with Gasteiger partial charge in [0.1, 0.15) is 11.9 Å². The molecular weight excluding hydrogens is 374 g/mol. The predicted molar refractivity (Wildman–Crippen MR) is 91.6 cm³/mol. The molecule has 1 fully saturated rings. The molecule has 1 saturated heterocycles. The van der Waals surface area contributed by atoms with E-state index in [1.54, 1.807) is 0 Å². The lowest BCUT2D eigenvalue weighted by molar-refractivity contribution is -0.0435. The molecule has 0 aromatic heterocycles. The molecule has 3 rings (SSSR count). The molecule has 4 heteroatoms. The Morgan fingerprint density at radius 3 is 2.57 bits per heavy atom. The molecule has 110 valence electrons. The van der Waals surface area contributed by atoms with Gasteiger partial charge in [-0.15, -0.1) is 0 Å². The zero-order valence-corrected chi connectivity index (χ0v) is 13.8. The maximum atomic E-state index is 6.30. The van der Waals surface area contributed by atoms with Crippen molar-refractivity contribution in [2.24, 2.45) is 0 Å². The van der Waals surface area contributed by atoms with Crippen LogP contribution in [0.25, 0.3) is 0 Å². The average molecular weight is 392 g/mol. The highest BCUT2D eigenvalue weighted by molar-refractivity contribution is 14.1. The fourth-order valence-electron chi connectivity index (χ4n) is 2.46. The van der Waals surface area contributed by atoms with E-state index in [1.165, 1.54) is 0 Å². The van der Waals surface area contributed by atoms with E-state index in [-0.39, 0.29) is 12.2 Å². The van der Waals surface area contributed by atoms with Crippen molar-refractivity contribution in [2.75, 3.05) is 19.7 Å². The van der Waals surface area contributed by atoms with E-state index in [0.29, 0.717) is 0 Å². The molecule has 1 heterocycles. The predicted octanol–water partition coefficient (Wildman–Crippen LogP) is 3.40. The van der Waals surface area contributed by atoms with E-state index in [1.807, 2.05) is 36.4 Å². The first-order chi connectivity index (χ1) is 10.3. The SMILES string of the molecule is [124I]c1ccccc1O[C@@H](c1ccccc1)[C@H]1CNCCO1. The minimum Gasteiger partial charge on any atom is -0.482 e. The zero-order valence-electron chi connectivity index (χ0n) is 11.7. The molecule has 0 aliphatic carbocycles. The second-order valence-corrected chi connectivity index (χ2v) is 6.16. The summed E-state index contributed by atoms with van der Waals surface area (Å²) in [5.41, 5.74) is 1.14. The lowest BCUT2D eigenvalue weighted by atomic mass is 10.0. The van der Waals surface area contributed by atoms with E-state index in [2.05, 4.69) is 46.1 Å². The van der Waals surface area contributed by atoms with Gasteiger partial charge in [0.25, 0.3) is 0 Å². The normalized spacial score (nSPS) is 20.0. The molecule has 0 saturated carbocycles. The van der Waals surface area contributed by atoms with Crippen molar-refractivity contribution in [1.82, 2.24) is 5.32 Å². The summed E-state index contributed by atoms with van der Waals surface area (Å²) in [6.45, 7) is 2.44. The molecule has 2 aromatic carbocycles. The molecule has 0 spiro atoms. The van der Waals surface area contributed by atoms with Crippen molar-refractivity contribution in [3.8, 4) is 5.75 Å². The third-order valence-electron chi connectivity index (χ3n) is 3.51. The smallest absolute Gasteiger partial charge is 0.151 e. The molecule has 2 atom stereocenters. The van der Waals surface area contributed by atoms with Crippen LogP contribution in [0.1, 0.15) is 11.7 Å². The molecule has 2 aromatic rings. The van der Waals surface area contributed by atoms with Crippen LogP contribution < -0.4 is 10.1 Å². The number of hydrogen-bond acceptors (Lipinski definition) is 3. The highest BCUT2D eigenvalue weighted by Gasteiger charge is 2.28. The van der Waals surface area contributed by atoms with Crippen LogP contribution in [0.15, 0.2) is 54.6 Å². The van der Waals surface area contributed by atoms with E-state index >= 15 is 0 Å². The van der Waals surface area contributed by atoms with Crippen LogP contribution >= 0.6 is 22.6 Å². The van der Waals surface area contributed by atoms with Crippen LogP contribution in [0.5, 0.6) is 5.75 Å². The Morgan fingerprint density at radius 2 is 1.86 bits per heavy atom. The Kier molecular flexibility index (Phi) is 5.11. The molecule has 0 radical (unpaired) electrons. The Labute approximate surface area is 138 Å². The molecular formula is C17H18INO2. The van der Waals surface area contributed by atoms with Crippen molar-refractivity contribution in [3.05, 3.63) is 63.7 Å². The van der Waals surface area contributed by atoms with Gasteiger partial charge >= 0.3 is 0 Å². The van der Waals surface area contributed by atoms with Gasteiger partial charge in [-0.25, -0.2) is 0 Å². The first-order valence-corrected chi connectivity index (χ1v) is 8.21. The van der Waals surface area contributed by atoms with E-state index in [0.717, 1.165) is 34.6 Å². The largest absolute Gasteiger partial charge is 0.482 e. The fourth-order valence-corrected chi connectivity index (χ4v) is 2.97. The van der Waals surface area contributed by atoms with E-state index in [9.17, 15) is 0 Å². The zero-order chi connectivity index (χ0) is 14.5. The maximum absolute atomic E-state index is 6.30. The molecule has 1 N–H and O–H groups in total. The van der Waals surface area contributed by atoms with Gasteiger partial charge in [-0.1, -0.05) is 42.5 Å². The summed E-state index contributed by atoms with van der Waals surface area (Å²) in [7, 11) is 0. The molecule has 0 amide bonds. The molecule has 21 heavy (non-hydrogen) atoms. The summed E-state index contributed by atoms with van der Waals surface area (Å²) in [5, 5.41) is 3.38. The van der Waals surface area contributed by atoms with Gasteiger partial charge < -0.3 is 14.8 Å². The Bertz CT molecular complexity index is 570. The highest BCUT2D eigenvalue weighted by Crippen LogP contribution is 2.30. The minimum absolute atomic E-state index is 0.0251. The van der Waals surface area contributed by atoms with Crippen LogP contribution in [0.4, 0.5) is 0 Å². The number of morpholine rings is 1. The molecule has 1 aliphatic rings. The topological polar surface area (TPSA) is 30.5 Å². The number of rotatable bonds is 4. The summed E-state index contributed by atoms with van der Waals surface area (Å²) < 4.78 is 13.3. The van der Waals surface area contributed by atoms with Crippen molar-refractivity contribution < 1.29 is 9.47 Å². The molecule has 0 bridgehead atoms. The van der Waals surface area contributed by atoms with E-state index in [4.69, 9.17) is 9.47 Å². The lowest BCUT2D eigenvalue weighted by Gasteiger charge is -2.31. The van der Waals surface area contributed by atoms with Gasteiger partial charge in [-0.2, -0.15) is 0 Å². The summed E-state index contributed by atoms with van der Waals surface area (Å²) in [4.78, 5) is 0. The average Bonchev–Trinajstić information content (AvgIpc) is 2.56. The number of benzene rings is 2. The first-order valence-electron chi connectivity index (χ1n) is 7.13. The number of nitrogens with one attached hydrogen (secondary N) is 1. The van der Waals surface area contributed by atoms with Crippen molar-refractivity contribution in [1.29, 1.82) is 0 Å². The Hall–Kier alpha value is -1.11. The third kappa shape index (κ3) is 3.75. The number of para-hydroxylation sites is 1. The van der Waals surface area contributed by atoms with Gasteiger partial charge in [-0.05, 0) is 40.3 Å². The van der Waals surface area contributed by atoms with Gasteiger partial charge in [0.15, 0.2) is 6.10 Å². The quantitative estimate of drug-likeness (QED) is 0.810. The van der Waals surface area contributed by atoms with Crippen LogP contribution in [0, 0.1) is 3.57 Å². The summed E-state index contributed by atoms with van der Waals surface area (Å²) >= 11 is 2.30. The van der Waals surface area contributed by atoms with Crippen LogP contribution in [-0.2, 0) is 4.74 Å². The summed E-state index contributed by atoms with van der Waals surface area (Å²) in [6, 6.07) is 18.4. The first kappa shape index (κ1) is 14.8. The van der Waals surface area contributed by atoms with Gasteiger partial charge in [0.2, 0.25) is 0 Å². The second-order valence-electron chi connectivity index (χ2n) is 4.99. The lowest BCUT2D eigenvalue weighted by Crippen LogP contribution is -2.43. The standard InChI is InChI=1S/C17H18INO2/c18-14-8-4-5-9-15(14)21-17(13-6-2-1-3-7-13)16-12-19-10-11-20-16/h1-9,16-17,19H,10-12H2/t16-,17+/m1/s1/i18-3. The van der Waals surface area contributed by atoms with Crippen molar-refractivity contribution in [2.45, 2.75) is 12.2 Å². The number of ether oxygens (including phenoxy) is 2. The summed E-state index contributed by atoms with van der Waals surface area (Å²) in [5.74, 6) is 0.904. The fraction of sp³-hybridized carbons (Fsp3) is 0.294. The number of halogens is 1. The van der Waals surface area contributed by atoms with Crippen LogP contribution in [-0.4, -0.2) is 25.8 Å².